The molecular weight excluding hydrogens is 673 g/mol. The summed E-state index contributed by atoms with van der Waals surface area (Å²) in [6, 6.07) is 15.5. The number of piperazine rings is 1. The highest BCUT2D eigenvalue weighted by Crippen LogP contribution is 2.40. The molecule has 1 unspecified atom stereocenters. The standard InChI is InChI=1S/C33H31Cl2N9O3S/c1-2-10-42(33(47)37-14-20-6-8-23(34)24(35)12-20)43-18-29(45)44-26(13-19-7-9-25-22(11-19)15-38-40-25)31(46)41(17-28(43)44)16-21-4-3-5-27-30(21)39-32(36)48-27/h1,3-9,11-12,15,26,28,32,39H,10,13-14,16-18,36H2,(H,37,47)(H,38,40)/t26-,28+,32?/m0/s1. The van der Waals surface area contributed by atoms with Gasteiger partial charge in [-0.15, -0.1) is 6.42 Å². The minimum absolute atomic E-state index is 0.0914. The third-order valence-electron chi connectivity index (χ3n) is 8.73. The molecule has 4 aromatic rings. The van der Waals surface area contributed by atoms with E-state index in [-0.39, 0.29) is 56.5 Å². The molecule has 3 aromatic carbocycles. The van der Waals surface area contributed by atoms with Crippen molar-refractivity contribution in [3.8, 4) is 12.3 Å². The van der Waals surface area contributed by atoms with Gasteiger partial charge in [0.1, 0.15) is 17.7 Å². The molecule has 4 amide bonds. The van der Waals surface area contributed by atoms with Crippen molar-refractivity contribution in [1.29, 1.82) is 0 Å². The second-order valence-electron chi connectivity index (χ2n) is 11.8. The highest BCUT2D eigenvalue weighted by atomic mass is 35.5. The Labute approximate surface area is 290 Å². The Kier molecular flexibility index (Phi) is 8.84. The van der Waals surface area contributed by atoms with Crippen molar-refractivity contribution in [3.05, 3.63) is 87.5 Å². The maximum absolute atomic E-state index is 14.3. The van der Waals surface area contributed by atoms with Crippen molar-refractivity contribution in [2.75, 3.05) is 25.0 Å². The fraction of sp³-hybridized carbons (Fsp3) is 0.273. The van der Waals surface area contributed by atoms with E-state index in [4.69, 9.17) is 35.4 Å². The number of urea groups is 1. The number of nitrogens with zero attached hydrogens (tertiary/aromatic N) is 5. The number of halogens is 2. The second kappa shape index (κ2) is 13.2. The van der Waals surface area contributed by atoms with Gasteiger partial charge in [-0.05, 0) is 47.0 Å². The summed E-state index contributed by atoms with van der Waals surface area (Å²) < 4.78 is 0. The first kappa shape index (κ1) is 32.1. The quantitative estimate of drug-likeness (QED) is 0.203. The Bertz CT molecular complexity index is 1970. The number of anilines is 1. The lowest BCUT2D eigenvalue weighted by molar-refractivity contribution is -0.157. The molecule has 48 heavy (non-hydrogen) atoms. The molecule has 0 radical (unpaired) electrons. The first-order chi connectivity index (χ1) is 23.2. The number of carbonyl (C=O) groups excluding carboxylic acids is 3. The molecule has 2 saturated heterocycles. The Hall–Kier alpha value is -4.45. The predicted octanol–water partition coefficient (Wildman–Crippen LogP) is 3.81. The summed E-state index contributed by atoms with van der Waals surface area (Å²) in [6.07, 6.45) is 7.09. The van der Waals surface area contributed by atoms with Crippen LogP contribution in [0.1, 0.15) is 16.7 Å². The number of carbonyl (C=O) groups is 3. The van der Waals surface area contributed by atoms with Crippen LogP contribution in [0.2, 0.25) is 10.0 Å². The summed E-state index contributed by atoms with van der Waals surface area (Å²) >= 11 is 13.7. The summed E-state index contributed by atoms with van der Waals surface area (Å²) in [5, 5.41) is 17.9. The van der Waals surface area contributed by atoms with Crippen LogP contribution in [0.5, 0.6) is 0 Å². The van der Waals surface area contributed by atoms with Gasteiger partial charge < -0.3 is 26.2 Å². The molecule has 0 aliphatic carbocycles. The summed E-state index contributed by atoms with van der Waals surface area (Å²) in [7, 11) is 0. The van der Waals surface area contributed by atoms with Gasteiger partial charge in [0, 0.05) is 29.8 Å². The van der Waals surface area contributed by atoms with Crippen molar-refractivity contribution in [2.24, 2.45) is 5.73 Å². The normalized spacial score (nSPS) is 20.4. The van der Waals surface area contributed by atoms with Gasteiger partial charge in [0.05, 0.1) is 47.1 Å². The number of nitrogens with one attached hydrogen (secondary N) is 3. The van der Waals surface area contributed by atoms with Gasteiger partial charge in [0.25, 0.3) is 0 Å². The average molecular weight is 705 g/mol. The van der Waals surface area contributed by atoms with Crippen LogP contribution in [0.25, 0.3) is 10.9 Å². The lowest BCUT2D eigenvalue weighted by Gasteiger charge is -2.46. The van der Waals surface area contributed by atoms with Crippen LogP contribution in [0, 0.1) is 12.3 Å². The molecule has 2 fully saturated rings. The molecule has 5 N–H and O–H groups in total. The minimum Gasteiger partial charge on any atom is -0.360 e. The molecule has 1 aromatic heterocycles. The van der Waals surface area contributed by atoms with Gasteiger partial charge in [-0.1, -0.05) is 65.1 Å². The van der Waals surface area contributed by atoms with Crippen LogP contribution in [0.4, 0.5) is 10.5 Å². The lowest BCUT2D eigenvalue weighted by Crippen LogP contribution is -2.66. The van der Waals surface area contributed by atoms with Crippen LogP contribution in [0.3, 0.4) is 0 Å². The van der Waals surface area contributed by atoms with E-state index < -0.39 is 18.2 Å². The number of fused-ring (bicyclic) bond motifs is 3. The number of amides is 4. The number of hydrogen-bond donors (Lipinski definition) is 4. The fourth-order valence-corrected chi connectivity index (χ4v) is 7.74. The van der Waals surface area contributed by atoms with Crippen molar-refractivity contribution >= 4 is 69.4 Å². The average Bonchev–Trinajstić information content (AvgIpc) is 3.78. The van der Waals surface area contributed by atoms with Crippen LogP contribution in [-0.4, -0.2) is 85.2 Å². The molecule has 7 rings (SSSR count). The van der Waals surface area contributed by atoms with Crippen molar-refractivity contribution in [3.63, 3.8) is 0 Å². The molecule has 246 valence electrons. The molecule has 3 aliphatic rings. The Morgan fingerprint density at radius 1 is 1.15 bits per heavy atom. The third kappa shape index (κ3) is 6.13. The number of aromatic nitrogens is 2. The first-order valence-electron chi connectivity index (χ1n) is 15.2. The van der Waals surface area contributed by atoms with E-state index in [0.29, 0.717) is 10.0 Å². The van der Waals surface area contributed by atoms with Crippen LogP contribution >= 0.6 is 35.0 Å². The maximum atomic E-state index is 14.3. The number of benzene rings is 3. The fourth-order valence-electron chi connectivity index (χ4n) is 6.50. The predicted molar refractivity (Wildman–Crippen MR) is 184 cm³/mol. The second-order valence-corrected chi connectivity index (χ2v) is 13.7. The molecule has 0 bridgehead atoms. The van der Waals surface area contributed by atoms with Gasteiger partial charge in [-0.3, -0.25) is 14.7 Å². The van der Waals surface area contributed by atoms with Gasteiger partial charge >= 0.3 is 6.03 Å². The maximum Gasteiger partial charge on any atom is 0.333 e. The zero-order valence-electron chi connectivity index (χ0n) is 25.5. The highest BCUT2D eigenvalue weighted by Gasteiger charge is 2.52. The molecule has 12 nitrogen and oxygen atoms in total. The number of nitrogens with two attached hydrogens (primary N) is 1. The van der Waals surface area contributed by atoms with Gasteiger partial charge in [-0.2, -0.15) is 10.1 Å². The van der Waals surface area contributed by atoms with E-state index in [1.165, 1.54) is 16.8 Å². The molecular formula is C33H31Cl2N9O3S. The molecule has 4 heterocycles. The highest BCUT2D eigenvalue weighted by molar-refractivity contribution is 8.00. The summed E-state index contributed by atoms with van der Waals surface area (Å²) in [6.45, 7) is 0.379. The van der Waals surface area contributed by atoms with Crippen molar-refractivity contribution in [2.45, 2.75) is 42.1 Å². The Morgan fingerprint density at radius 2 is 1.98 bits per heavy atom. The van der Waals surface area contributed by atoms with Crippen molar-refractivity contribution < 1.29 is 14.4 Å². The number of hydrazine groups is 1. The van der Waals surface area contributed by atoms with E-state index >= 15 is 0 Å². The van der Waals surface area contributed by atoms with E-state index in [9.17, 15) is 14.4 Å². The van der Waals surface area contributed by atoms with Gasteiger partial charge in [0.15, 0.2) is 0 Å². The smallest absolute Gasteiger partial charge is 0.333 e. The van der Waals surface area contributed by atoms with E-state index in [1.807, 2.05) is 36.4 Å². The van der Waals surface area contributed by atoms with E-state index in [0.717, 1.165) is 38.2 Å². The van der Waals surface area contributed by atoms with Crippen molar-refractivity contribution in [1.82, 2.24) is 35.3 Å². The zero-order chi connectivity index (χ0) is 33.5. The number of terminal acetylenes is 1. The van der Waals surface area contributed by atoms with E-state index in [2.05, 4.69) is 26.8 Å². The minimum atomic E-state index is -0.820. The number of H-pyrrole nitrogens is 1. The van der Waals surface area contributed by atoms with E-state index in [1.54, 1.807) is 39.2 Å². The third-order valence-corrected chi connectivity index (χ3v) is 10.4. The molecule has 0 saturated carbocycles. The largest absolute Gasteiger partial charge is 0.360 e. The van der Waals surface area contributed by atoms with Crippen LogP contribution in [0.15, 0.2) is 65.7 Å². The first-order valence-corrected chi connectivity index (χ1v) is 16.9. The molecule has 0 spiro atoms. The summed E-state index contributed by atoms with van der Waals surface area (Å²) in [5.74, 6) is 2.09. The van der Waals surface area contributed by atoms with Crippen LogP contribution < -0.4 is 16.4 Å². The topological polar surface area (TPSA) is 143 Å². The SMILES string of the molecule is C#CCN(C(=O)NCc1ccc(Cl)c(Cl)c1)N1CC(=O)N2[C@@H](Cc3ccc4[nH]ncc4c3)C(=O)N(Cc3cccc4c3NC(N)S4)C[C@@H]21. The lowest BCUT2D eigenvalue weighted by atomic mass is 9.99. The zero-order valence-corrected chi connectivity index (χ0v) is 27.9. The number of thioether (sulfide) groups is 1. The van der Waals surface area contributed by atoms with Crippen LogP contribution in [-0.2, 0) is 29.1 Å². The molecule has 3 aliphatic heterocycles. The number of aromatic amines is 1. The summed E-state index contributed by atoms with van der Waals surface area (Å²) in [5.41, 5.74) is 10.2. The van der Waals surface area contributed by atoms with Gasteiger partial charge in [-0.25, -0.2) is 9.80 Å². The summed E-state index contributed by atoms with van der Waals surface area (Å²) in [4.78, 5) is 46.2. The molecule has 15 heteroatoms. The Morgan fingerprint density at radius 3 is 2.79 bits per heavy atom. The Balaban J connectivity index is 1.19. The number of rotatable bonds is 8. The number of hydrogen-bond acceptors (Lipinski definition) is 8. The monoisotopic (exact) mass is 703 g/mol. The van der Waals surface area contributed by atoms with Gasteiger partial charge in [0.2, 0.25) is 11.8 Å². The number of para-hydroxylation sites is 1. The molecule has 3 atom stereocenters.